The van der Waals surface area contributed by atoms with Crippen LogP contribution in [-0.2, 0) is 17.8 Å². The number of aromatic nitrogens is 3. The highest BCUT2D eigenvalue weighted by atomic mass is 32.2. The van der Waals surface area contributed by atoms with Gasteiger partial charge in [0.2, 0.25) is 5.91 Å². The van der Waals surface area contributed by atoms with Gasteiger partial charge in [0.15, 0.2) is 5.16 Å². The number of hydrogen-bond acceptors (Lipinski definition) is 6. The van der Waals surface area contributed by atoms with Gasteiger partial charge in [-0.05, 0) is 56.0 Å². The summed E-state index contributed by atoms with van der Waals surface area (Å²) >= 11 is 2.85. The lowest BCUT2D eigenvalue weighted by atomic mass is 10.0. The Morgan fingerprint density at radius 3 is 2.79 bits per heavy atom. The summed E-state index contributed by atoms with van der Waals surface area (Å²) in [4.78, 5) is 39.6. The van der Waals surface area contributed by atoms with Gasteiger partial charge < -0.3 is 4.90 Å². The molecule has 0 atom stereocenters. The number of thiophene rings is 1. The van der Waals surface area contributed by atoms with Crippen molar-refractivity contribution in [1.29, 1.82) is 0 Å². The van der Waals surface area contributed by atoms with Gasteiger partial charge in [-0.1, -0.05) is 36.0 Å². The van der Waals surface area contributed by atoms with E-state index in [1.54, 1.807) is 10.8 Å². The molecule has 0 radical (unpaired) electrons. The number of nitrogens with zero attached hydrogens (tertiary/aromatic N) is 4. The molecule has 8 heteroatoms. The molecule has 0 N–H and O–H groups in total. The smallest absolute Gasteiger partial charge is 0.263 e. The van der Waals surface area contributed by atoms with Crippen molar-refractivity contribution in [1.82, 2.24) is 14.5 Å². The van der Waals surface area contributed by atoms with Crippen molar-refractivity contribution in [3.8, 4) is 0 Å². The van der Waals surface area contributed by atoms with E-state index in [0.717, 1.165) is 39.5 Å². The molecule has 4 heterocycles. The predicted octanol–water partition coefficient (Wildman–Crippen LogP) is 4.59. The number of aryl methyl sites for hydroxylation is 3. The van der Waals surface area contributed by atoms with Gasteiger partial charge in [-0.3, -0.25) is 19.1 Å². The number of carbonyl (C=O) groups excluding carboxylic acids is 1. The molecule has 3 aromatic heterocycles. The second kappa shape index (κ2) is 9.11. The average Bonchev–Trinajstić information content (AvgIpc) is 3.13. The zero-order valence-corrected chi connectivity index (χ0v) is 20.2. The lowest BCUT2D eigenvalue weighted by molar-refractivity contribution is -0.116. The summed E-state index contributed by atoms with van der Waals surface area (Å²) in [5, 5.41) is 1.21. The second-order valence-electron chi connectivity index (χ2n) is 8.14. The summed E-state index contributed by atoms with van der Waals surface area (Å²) < 4.78 is 1.66. The maximum Gasteiger partial charge on any atom is 0.263 e. The Hall–Kier alpha value is -2.97. The first kappa shape index (κ1) is 21.9. The van der Waals surface area contributed by atoms with Crippen LogP contribution in [-0.4, -0.2) is 32.7 Å². The fourth-order valence-electron chi connectivity index (χ4n) is 4.21. The molecule has 0 spiro atoms. The number of para-hydroxylation sites is 1. The highest BCUT2D eigenvalue weighted by Crippen LogP contribution is 2.30. The normalized spacial score (nSPS) is 13.3. The molecule has 5 rings (SSSR count). The highest BCUT2D eigenvalue weighted by molar-refractivity contribution is 7.99. The molecular weight excluding hydrogens is 452 g/mol. The number of pyridine rings is 1. The van der Waals surface area contributed by atoms with Gasteiger partial charge in [0.25, 0.3) is 5.56 Å². The van der Waals surface area contributed by atoms with E-state index in [4.69, 9.17) is 4.98 Å². The van der Waals surface area contributed by atoms with Crippen molar-refractivity contribution in [3.63, 3.8) is 0 Å². The number of anilines is 1. The third-order valence-electron chi connectivity index (χ3n) is 6.04. The molecule has 1 aromatic carbocycles. The van der Waals surface area contributed by atoms with Crippen LogP contribution in [0.2, 0.25) is 0 Å². The van der Waals surface area contributed by atoms with E-state index in [-0.39, 0.29) is 17.2 Å². The maximum atomic E-state index is 13.5. The van der Waals surface area contributed by atoms with Crippen LogP contribution >= 0.6 is 23.1 Å². The lowest BCUT2D eigenvalue weighted by Gasteiger charge is -2.29. The zero-order valence-electron chi connectivity index (χ0n) is 18.6. The van der Waals surface area contributed by atoms with E-state index < -0.39 is 0 Å². The third kappa shape index (κ3) is 4.20. The van der Waals surface area contributed by atoms with Crippen LogP contribution in [0.5, 0.6) is 0 Å². The van der Waals surface area contributed by atoms with E-state index in [0.29, 0.717) is 23.6 Å². The number of hydrogen-bond donors (Lipinski definition) is 0. The van der Waals surface area contributed by atoms with Crippen molar-refractivity contribution < 1.29 is 4.79 Å². The molecule has 0 aliphatic carbocycles. The molecule has 0 bridgehead atoms. The minimum atomic E-state index is -0.0780. The summed E-state index contributed by atoms with van der Waals surface area (Å²) in [5.74, 6) is 0.252. The Morgan fingerprint density at radius 1 is 1.15 bits per heavy atom. The summed E-state index contributed by atoms with van der Waals surface area (Å²) in [6, 6.07) is 13.7. The Kier molecular flexibility index (Phi) is 6.03. The van der Waals surface area contributed by atoms with Gasteiger partial charge in [-0.25, -0.2) is 4.98 Å². The van der Waals surface area contributed by atoms with E-state index in [2.05, 4.69) is 11.1 Å². The molecule has 1 aliphatic rings. The number of rotatable bonds is 5. The van der Waals surface area contributed by atoms with Crippen molar-refractivity contribution in [2.24, 2.45) is 0 Å². The fraction of sp³-hybridized carbons (Fsp3) is 0.280. The largest absolute Gasteiger partial charge is 0.311 e. The molecule has 168 valence electrons. The molecule has 6 nitrogen and oxygen atoms in total. The zero-order chi connectivity index (χ0) is 22.9. The standard InChI is InChI=1S/C25H24N4O2S2/c1-16-17(2)33-23-22(16)24(31)29(14-19-10-5-6-12-26-19)25(27-23)32-15-21(30)28-13-7-9-18-8-3-4-11-20(18)28/h3-6,8,10-12H,7,9,13-15H2,1-2H3. The molecule has 0 unspecified atom stereocenters. The van der Waals surface area contributed by atoms with Crippen LogP contribution < -0.4 is 10.5 Å². The van der Waals surface area contributed by atoms with Crippen LogP contribution in [0.25, 0.3) is 10.2 Å². The molecule has 1 amide bonds. The molecule has 0 saturated heterocycles. The summed E-state index contributed by atoms with van der Waals surface area (Å²) in [6.45, 7) is 5.01. The topological polar surface area (TPSA) is 68.1 Å². The van der Waals surface area contributed by atoms with Crippen molar-refractivity contribution in [3.05, 3.63) is 80.7 Å². The first-order chi connectivity index (χ1) is 16.0. The van der Waals surface area contributed by atoms with Gasteiger partial charge in [0.05, 0.1) is 23.4 Å². The van der Waals surface area contributed by atoms with Crippen LogP contribution in [0.4, 0.5) is 5.69 Å². The Bertz CT molecular complexity index is 1400. The average molecular weight is 477 g/mol. The van der Waals surface area contributed by atoms with Gasteiger partial charge in [-0.15, -0.1) is 11.3 Å². The highest BCUT2D eigenvalue weighted by Gasteiger charge is 2.24. The SMILES string of the molecule is Cc1sc2nc(SCC(=O)N3CCCc4ccccc43)n(Cc3ccccn3)c(=O)c2c1C. The molecule has 1 aliphatic heterocycles. The molecular formula is C25H24N4O2S2. The number of fused-ring (bicyclic) bond motifs is 2. The summed E-state index contributed by atoms with van der Waals surface area (Å²) in [6.07, 6.45) is 3.66. The minimum absolute atomic E-state index is 0.0319. The molecule has 0 fully saturated rings. The molecule has 33 heavy (non-hydrogen) atoms. The third-order valence-corrected chi connectivity index (χ3v) is 8.10. The van der Waals surface area contributed by atoms with Crippen molar-refractivity contribution in [2.75, 3.05) is 17.2 Å². The van der Waals surface area contributed by atoms with Gasteiger partial charge in [0.1, 0.15) is 4.83 Å². The number of benzene rings is 1. The Labute approximate surface area is 200 Å². The first-order valence-corrected chi connectivity index (χ1v) is 12.7. The minimum Gasteiger partial charge on any atom is -0.311 e. The van der Waals surface area contributed by atoms with E-state index >= 15 is 0 Å². The predicted molar refractivity (Wildman–Crippen MR) is 135 cm³/mol. The summed E-state index contributed by atoms with van der Waals surface area (Å²) in [7, 11) is 0. The Morgan fingerprint density at radius 2 is 1.97 bits per heavy atom. The lowest BCUT2D eigenvalue weighted by Crippen LogP contribution is -2.36. The van der Waals surface area contributed by atoms with Gasteiger partial charge >= 0.3 is 0 Å². The first-order valence-electron chi connectivity index (χ1n) is 10.9. The number of carbonyl (C=O) groups is 1. The fourth-order valence-corrected chi connectivity index (χ4v) is 6.15. The maximum absolute atomic E-state index is 13.5. The van der Waals surface area contributed by atoms with Crippen LogP contribution in [0, 0.1) is 13.8 Å². The van der Waals surface area contributed by atoms with E-state index in [9.17, 15) is 9.59 Å². The van der Waals surface area contributed by atoms with Crippen molar-refractivity contribution >= 4 is 44.9 Å². The van der Waals surface area contributed by atoms with Crippen LogP contribution in [0.1, 0.15) is 28.1 Å². The quantitative estimate of drug-likeness (QED) is 0.311. The van der Waals surface area contributed by atoms with Gasteiger partial charge in [0, 0.05) is 23.3 Å². The van der Waals surface area contributed by atoms with Crippen LogP contribution in [0.15, 0.2) is 58.6 Å². The van der Waals surface area contributed by atoms with Gasteiger partial charge in [-0.2, -0.15) is 0 Å². The van der Waals surface area contributed by atoms with Crippen molar-refractivity contribution in [2.45, 2.75) is 38.4 Å². The summed E-state index contributed by atoms with van der Waals surface area (Å²) in [5.41, 5.74) is 3.88. The Balaban J connectivity index is 1.48. The molecule has 0 saturated carbocycles. The number of amides is 1. The second-order valence-corrected chi connectivity index (χ2v) is 10.3. The van der Waals surface area contributed by atoms with E-state index in [1.165, 1.54) is 28.7 Å². The van der Waals surface area contributed by atoms with E-state index in [1.807, 2.05) is 55.1 Å². The van der Waals surface area contributed by atoms with Crippen LogP contribution in [0.3, 0.4) is 0 Å². The number of thioether (sulfide) groups is 1. The monoisotopic (exact) mass is 476 g/mol. The molecule has 4 aromatic rings.